The summed E-state index contributed by atoms with van der Waals surface area (Å²) in [5.74, 6) is 0.621. The molecule has 0 saturated carbocycles. The zero-order chi connectivity index (χ0) is 14.1. The normalized spacial score (nSPS) is 10.9. The summed E-state index contributed by atoms with van der Waals surface area (Å²) < 4.78 is 5.88. The Bertz CT molecular complexity index is 811. The summed E-state index contributed by atoms with van der Waals surface area (Å²) in [6.07, 6.45) is 1.00. The van der Waals surface area contributed by atoms with Gasteiger partial charge in [0.2, 0.25) is 0 Å². The van der Waals surface area contributed by atoms with E-state index in [9.17, 15) is 4.79 Å². The SMILES string of the molecule is CCc1ccc(-c2cc(=O)c3ccc(C)cc3o2)cc1. The summed E-state index contributed by atoms with van der Waals surface area (Å²) in [4.78, 5) is 12.1. The lowest BCUT2D eigenvalue weighted by atomic mass is 10.1. The molecule has 2 nitrogen and oxygen atoms in total. The van der Waals surface area contributed by atoms with E-state index < -0.39 is 0 Å². The van der Waals surface area contributed by atoms with Crippen LogP contribution in [0.3, 0.4) is 0 Å². The highest BCUT2D eigenvalue weighted by Gasteiger charge is 2.07. The first-order valence-corrected chi connectivity index (χ1v) is 6.81. The average molecular weight is 264 g/mol. The van der Waals surface area contributed by atoms with E-state index >= 15 is 0 Å². The Morgan fingerprint density at radius 3 is 2.45 bits per heavy atom. The van der Waals surface area contributed by atoms with Gasteiger partial charge in [-0.25, -0.2) is 0 Å². The molecule has 0 aliphatic heterocycles. The number of benzene rings is 2. The third-order valence-electron chi connectivity index (χ3n) is 3.53. The van der Waals surface area contributed by atoms with E-state index in [2.05, 4.69) is 19.1 Å². The first kappa shape index (κ1) is 12.7. The highest BCUT2D eigenvalue weighted by atomic mass is 16.3. The summed E-state index contributed by atoms with van der Waals surface area (Å²) in [5, 5.41) is 0.629. The molecular formula is C18H16O2. The molecule has 0 radical (unpaired) electrons. The minimum absolute atomic E-state index is 0.000757. The Morgan fingerprint density at radius 1 is 1.00 bits per heavy atom. The molecule has 0 fully saturated rings. The first-order valence-electron chi connectivity index (χ1n) is 6.81. The topological polar surface area (TPSA) is 30.2 Å². The summed E-state index contributed by atoms with van der Waals surface area (Å²) in [5.41, 5.74) is 3.93. The molecule has 3 rings (SSSR count). The molecule has 0 atom stereocenters. The van der Waals surface area contributed by atoms with Gasteiger partial charge in [-0.15, -0.1) is 0 Å². The largest absolute Gasteiger partial charge is 0.456 e. The fourth-order valence-corrected chi connectivity index (χ4v) is 2.31. The van der Waals surface area contributed by atoms with Crippen molar-refractivity contribution in [2.75, 3.05) is 0 Å². The van der Waals surface area contributed by atoms with E-state index in [-0.39, 0.29) is 5.43 Å². The molecule has 100 valence electrons. The molecular weight excluding hydrogens is 248 g/mol. The third-order valence-corrected chi connectivity index (χ3v) is 3.53. The molecule has 0 amide bonds. The molecule has 2 aromatic carbocycles. The maximum Gasteiger partial charge on any atom is 0.193 e. The average Bonchev–Trinajstić information content (AvgIpc) is 2.46. The lowest BCUT2D eigenvalue weighted by Crippen LogP contribution is -2.00. The molecule has 3 aromatic rings. The van der Waals surface area contributed by atoms with Gasteiger partial charge in [-0.3, -0.25) is 4.79 Å². The van der Waals surface area contributed by atoms with Crippen LogP contribution in [-0.2, 0) is 6.42 Å². The van der Waals surface area contributed by atoms with Gasteiger partial charge in [0.25, 0.3) is 0 Å². The minimum Gasteiger partial charge on any atom is -0.456 e. The number of fused-ring (bicyclic) bond motifs is 1. The minimum atomic E-state index is 0.000757. The summed E-state index contributed by atoms with van der Waals surface area (Å²) in [6, 6.07) is 15.3. The van der Waals surface area contributed by atoms with Crippen molar-refractivity contribution >= 4 is 11.0 Å². The molecule has 0 unspecified atom stereocenters. The summed E-state index contributed by atoms with van der Waals surface area (Å²) in [7, 11) is 0. The number of aryl methyl sites for hydroxylation is 2. The van der Waals surface area contributed by atoms with Crippen LogP contribution in [0.25, 0.3) is 22.3 Å². The van der Waals surface area contributed by atoms with Crippen molar-refractivity contribution in [1.82, 2.24) is 0 Å². The first-order chi connectivity index (χ1) is 9.67. The van der Waals surface area contributed by atoms with E-state index in [4.69, 9.17) is 4.42 Å². The smallest absolute Gasteiger partial charge is 0.193 e. The van der Waals surface area contributed by atoms with Crippen LogP contribution in [0.5, 0.6) is 0 Å². The van der Waals surface area contributed by atoms with Crippen LogP contribution in [-0.4, -0.2) is 0 Å². The zero-order valence-corrected chi connectivity index (χ0v) is 11.6. The van der Waals surface area contributed by atoms with Gasteiger partial charge in [-0.1, -0.05) is 37.3 Å². The Balaban J connectivity index is 2.18. The third kappa shape index (κ3) is 2.25. The van der Waals surface area contributed by atoms with Gasteiger partial charge in [0, 0.05) is 11.6 Å². The van der Waals surface area contributed by atoms with E-state index in [1.54, 1.807) is 6.07 Å². The predicted octanol–water partition coefficient (Wildman–Crippen LogP) is 4.33. The monoisotopic (exact) mass is 264 g/mol. The molecule has 0 aliphatic rings. The van der Waals surface area contributed by atoms with Gasteiger partial charge in [0.1, 0.15) is 11.3 Å². The van der Waals surface area contributed by atoms with Crippen LogP contribution >= 0.6 is 0 Å². The van der Waals surface area contributed by atoms with Crippen LogP contribution in [0.15, 0.2) is 57.7 Å². The maximum atomic E-state index is 12.1. The van der Waals surface area contributed by atoms with Crippen molar-refractivity contribution < 1.29 is 4.42 Å². The van der Waals surface area contributed by atoms with E-state index in [1.165, 1.54) is 5.56 Å². The summed E-state index contributed by atoms with van der Waals surface area (Å²) in [6.45, 7) is 4.11. The van der Waals surface area contributed by atoms with Crippen molar-refractivity contribution in [2.24, 2.45) is 0 Å². The van der Waals surface area contributed by atoms with Crippen LogP contribution in [0.1, 0.15) is 18.1 Å². The van der Waals surface area contributed by atoms with Gasteiger partial charge < -0.3 is 4.42 Å². The summed E-state index contributed by atoms with van der Waals surface area (Å²) >= 11 is 0. The second-order valence-electron chi connectivity index (χ2n) is 5.02. The molecule has 1 heterocycles. The number of rotatable bonds is 2. The highest BCUT2D eigenvalue weighted by Crippen LogP contribution is 2.23. The molecule has 0 saturated heterocycles. The molecule has 0 aliphatic carbocycles. The van der Waals surface area contributed by atoms with Gasteiger partial charge in [0.15, 0.2) is 5.43 Å². The Labute approximate surface area is 117 Å². The van der Waals surface area contributed by atoms with Crippen molar-refractivity contribution in [3.63, 3.8) is 0 Å². The zero-order valence-electron chi connectivity index (χ0n) is 11.6. The number of hydrogen-bond acceptors (Lipinski definition) is 2. The van der Waals surface area contributed by atoms with Gasteiger partial charge in [-0.05, 0) is 36.6 Å². The van der Waals surface area contributed by atoms with Crippen LogP contribution < -0.4 is 5.43 Å². The van der Waals surface area contributed by atoms with Gasteiger partial charge in [-0.2, -0.15) is 0 Å². The van der Waals surface area contributed by atoms with Gasteiger partial charge >= 0.3 is 0 Å². The molecule has 1 aromatic heterocycles. The van der Waals surface area contributed by atoms with Crippen molar-refractivity contribution in [2.45, 2.75) is 20.3 Å². The Hall–Kier alpha value is -2.35. The fraction of sp³-hybridized carbons (Fsp3) is 0.167. The van der Waals surface area contributed by atoms with Crippen molar-refractivity contribution in [1.29, 1.82) is 0 Å². The van der Waals surface area contributed by atoms with Crippen LogP contribution in [0, 0.1) is 6.92 Å². The fourth-order valence-electron chi connectivity index (χ4n) is 2.31. The lowest BCUT2D eigenvalue weighted by molar-refractivity contribution is 0.618. The van der Waals surface area contributed by atoms with Crippen molar-refractivity contribution in [3.05, 3.63) is 69.9 Å². The standard InChI is InChI=1S/C18H16O2/c1-3-13-5-7-14(8-6-13)17-11-16(19)15-9-4-12(2)10-18(15)20-17/h4-11H,3H2,1-2H3. The van der Waals surface area contributed by atoms with E-state index in [1.807, 2.05) is 37.3 Å². The quantitative estimate of drug-likeness (QED) is 0.689. The number of hydrogen-bond donors (Lipinski definition) is 0. The lowest BCUT2D eigenvalue weighted by Gasteiger charge is -2.05. The van der Waals surface area contributed by atoms with Crippen LogP contribution in [0.2, 0.25) is 0 Å². The van der Waals surface area contributed by atoms with E-state index in [0.29, 0.717) is 16.7 Å². The second kappa shape index (κ2) is 4.97. The predicted molar refractivity (Wildman–Crippen MR) is 82.0 cm³/mol. The maximum absolute atomic E-state index is 12.1. The second-order valence-corrected chi connectivity index (χ2v) is 5.02. The highest BCUT2D eigenvalue weighted by molar-refractivity contribution is 5.79. The Kier molecular flexibility index (Phi) is 3.15. The Morgan fingerprint density at radius 2 is 1.75 bits per heavy atom. The van der Waals surface area contributed by atoms with Gasteiger partial charge in [0.05, 0.1) is 5.39 Å². The molecule has 0 spiro atoms. The molecule has 0 N–H and O–H groups in total. The molecule has 2 heteroatoms. The van der Waals surface area contributed by atoms with Crippen LogP contribution in [0.4, 0.5) is 0 Å². The van der Waals surface area contributed by atoms with E-state index in [0.717, 1.165) is 17.5 Å². The molecule has 0 bridgehead atoms. The molecule has 20 heavy (non-hydrogen) atoms. The van der Waals surface area contributed by atoms with Crippen molar-refractivity contribution in [3.8, 4) is 11.3 Å².